The number of fused-ring (bicyclic) bond motifs is 1. The Bertz CT molecular complexity index is 952. The van der Waals surface area contributed by atoms with Gasteiger partial charge in [0, 0.05) is 48.6 Å². The van der Waals surface area contributed by atoms with Crippen LogP contribution >= 0.6 is 0 Å². The van der Waals surface area contributed by atoms with Crippen molar-refractivity contribution in [1.29, 1.82) is 0 Å². The molecule has 0 saturated carbocycles. The number of likely N-dealkylation sites (tertiary alicyclic amines) is 1. The number of nitrogens with two attached hydrogens (primary N) is 1. The van der Waals surface area contributed by atoms with Gasteiger partial charge in [-0.25, -0.2) is 9.67 Å². The fourth-order valence-electron chi connectivity index (χ4n) is 3.82. The highest BCUT2D eigenvalue weighted by atomic mass is 15.3. The molecule has 3 aromatic rings. The molecule has 136 valence electrons. The van der Waals surface area contributed by atoms with Crippen molar-refractivity contribution < 1.29 is 0 Å². The molecule has 0 spiro atoms. The van der Waals surface area contributed by atoms with Gasteiger partial charge in [0.2, 0.25) is 0 Å². The molecule has 1 fully saturated rings. The summed E-state index contributed by atoms with van der Waals surface area (Å²) >= 11 is 0. The molecule has 7 nitrogen and oxygen atoms in total. The van der Waals surface area contributed by atoms with Crippen molar-refractivity contribution in [3.8, 4) is 0 Å². The Balaban J connectivity index is 1.54. The minimum Gasteiger partial charge on any atom is -0.384 e. The lowest BCUT2D eigenvalue weighted by atomic mass is 9.94. The van der Waals surface area contributed by atoms with Crippen LogP contribution in [0.4, 0.5) is 5.82 Å². The van der Waals surface area contributed by atoms with Crippen LogP contribution in [0.2, 0.25) is 0 Å². The molecule has 0 radical (unpaired) electrons. The highest BCUT2D eigenvalue weighted by Crippen LogP contribution is 2.28. The Labute approximate surface area is 153 Å². The van der Waals surface area contributed by atoms with Gasteiger partial charge in [-0.3, -0.25) is 4.90 Å². The molecule has 1 aliphatic heterocycles. The summed E-state index contributed by atoms with van der Waals surface area (Å²) in [7, 11) is 0. The van der Waals surface area contributed by atoms with Crippen LogP contribution in [-0.4, -0.2) is 42.4 Å². The molecule has 1 atom stereocenters. The number of aromatic nitrogens is 5. The summed E-state index contributed by atoms with van der Waals surface area (Å²) in [6, 6.07) is 3.96. The van der Waals surface area contributed by atoms with Gasteiger partial charge in [-0.1, -0.05) is 6.58 Å². The summed E-state index contributed by atoms with van der Waals surface area (Å²) < 4.78 is 3.54. The van der Waals surface area contributed by atoms with Gasteiger partial charge in [-0.2, -0.15) is 14.7 Å². The summed E-state index contributed by atoms with van der Waals surface area (Å²) in [5.41, 5.74) is 11.4. The van der Waals surface area contributed by atoms with E-state index in [4.69, 9.17) is 10.7 Å². The zero-order valence-corrected chi connectivity index (χ0v) is 15.4. The lowest BCUT2D eigenvalue weighted by Crippen LogP contribution is -2.34. The smallest absolute Gasteiger partial charge is 0.157 e. The van der Waals surface area contributed by atoms with Gasteiger partial charge in [0.15, 0.2) is 5.65 Å². The van der Waals surface area contributed by atoms with E-state index < -0.39 is 0 Å². The average molecular weight is 351 g/mol. The molecule has 0 aliphatic carbocycles. The van der Waals surface area contributed by atoms with Gasteiger partial charge >= 0.3 is 0 Å². The summed E-state index contributed by atoms with van der Waals surface area (Å²) in [5, 5.41) is 8.75. The first-order valence-electron chi connectivity index (χ1n) is 9.06. The first-order chi connectivity index (χ1) is 12.5. The van der Waals surface area contributed by atoms with Crippen LogP contribution in [-0.2, 0) is 6.54 Å². The fourth-order valence-corrected chi connectivity index (χ4v) is 3.82. The van der Waals surface area contributed by atoms with E-state index >= 15 is 0 Å². The van der Waals surface area contributed by atoms with Crippen molar-refractivity contribution in [2.45, 2.75) is 39.2 Å². The van der Waals surface area contributed by atoms with Crippen LogP contribution in [0.5, 0.6) is 0 Å². The Hall–Kier alpha value is -2.67. The number of aryl methyl sites for hydroxylation is 1. The highest BCUT2D eigenvalue weighted by molar-refractivity contribution is 5.48. The van der Waals surface area contributed by atoms with E-state index in [-0.39, 0.29) is 0 Å². The second-order valence-corrected chi connectivity index (χ2v) is 7.12. The molecule has 0 bridgehead atoms. The molecule has 0 unspecified atom stereocenters. The monoisotopic (exact) mass is 351 g/mol. The molecule has 1 saturated heterocycles. The first-order valence-corrected chi connectivity index (χ1v) is 9.06. The maximum absolute atomic E-state index is 6.20. The van der Waals surface area contributed by atoms with E-state index in [1.165, 1.54) is 5.56 Å². The molecule has 3 aromatic heterocycles. The van der Waals surface area contributed by atoms with E-state index in [1.54, 1.807) is 10.7 Å². The molecular weight excluding hydrogens is 326 g/mol. The highest BCUT2D eigenvalue weighted by Gasteiger charge is 2.24. The van der Waals surface area contributed by atoms with E-state index in [1.807, 2.05) is 29.9 Å². The molecule has 26 heavy (non-hydrogen) atoms. The standard InChI is InChI=1S/C19H25N7/c1-4-25-14(3)16(10-21-25)12-24-7-5-6-15(11-24)17-9-18(20)26-19(22-17)8-13(2)23-26/h4,8-10,15H,1,5-7,11-12,20H2,2-3H3/t15-/m0/s1. The normalized spacial score (nSPS) is 18.5. The van der Waals surface area contributed by atoms with Crippen LogP contribution in [0.15, 0.2) is 24.9 Å². The van der Waals surface area contributed by atoms with Crippen molar-refractivity contribution in [2.24, 2.45) is 0 Å². The molecular formula is C19H25N7. The fraction of sp³-hybridized carbons (Fsp3) is 0.421. The number of hydrogen-bond donors (Lipinski definition) is 1. The van der Waals surface area contributed by atoms with Gasteiger partial charge < -0.3 is 5.73 Å². The summed E-state index contributed by atoms with van der Waals surface area (Å²) in [6.45, 7) is 10.8. The Morgan fingerprint density at radius 3 is 2.96 bits per heavy atom. The number of rotatable bonds is 4. The second-order valence-electron chi connectivity index (χ2n) is 7.12. The van der Waals surface area contributed by atoms with Crippen molar-refractivity contribution in [1.82, 2.24) is 29.3 Å². The predicted molar refractivity (Wildman–Crippen MR) is 103 cm³/mol. The Morgan fingerprint density at radius 1 is 1.35 bits per heavy atom. The van der Waals surface area contributed by atoms with Gasteiger partial charge in [0.1, 0.15) is 5.82 Å². The summed E-state index contributed by atoms with van der Waals surface area (Å²) in [4.78, 5) is 7.30. The van der Waals surface area contributed by atoms with Crippen molar-refractivity contribution in [3.05, 3.63) is 47.6 Å². The molecule has 0 amide bonds. The van der Waals surface area contributed by atoms with E-state index in [0.717, 1.165) is 55.2 Å². The van der Waals surface area contributed by atoms with Gasteiger partial charge in [-0.15, -0.1) is 0 Å². The van der Waals surface area contributed by atoms with Crippen molar-refractivity contribution >= 4 is 17.7 Å². The van der Waals surface area contributed by atoms with E-state index in [2.05, 4.69) is 28.6 Å². The molecule has 4 heterocycles. The van der Waals surface area contributed by atoms with Crippen molar-refractivity contribution in [3.63, 3.8) is 0 Å². The van der Waals surface area contributed by atoms with Crippen LogP contribution in [0.3, 0.4) is 0 Å². The molecule has 4 rings (SSSR count). The van der Waals surface area contributed by atoms with E-state index in [0.29, 0.717) is 11.7 Å². The zero-order chi connectivity index (χ0) is 18.3. The van der Waals surface area contributed by atoms with Crippen LogP contribution in [0.1, 0.15) is 41.4 Å². The van der Waals surface area contributed by atoms with E-state index in [9.17, 15) is 0 Å². The number of hydrogen-bond acceptors (Lipinski definition) is 5. The predicted octanol–water partition coefficient (Wildman–Crippen LogP) is 2.60. The third kappa shape index (κ3) is 2.99. The Kier molecular flexibility index (Phi) is 4.24. The Morgan fingerprint density at radius 2 is 2.19 bits per heavy atom. The number of piperidine rings is 1. The quantitative estimate of drug-likeness (QED) is 0.782. The number of nitrogen functional groups attached to an aromatic ring is 1. The minimum absolute atomic E-state index is 0.390. The molecule has 2 N–H and O–H groups in total. The minimum atomic E-state index is 0.390. The first kappa shape index (κ1) is 16.8. The third-order valence-electron chi connectivity index (χ3n) is 5.23. The summed E-state index contributed by atoms with van der Waals surface area (Å²) in [5.74, 6) is 1.04. The lowest BCUT2D eigenvalue weighted by molar-refractivity contribution is 0.198. The largest absolute Gasteiger partial charge is 0.384 e. The van der Waals surface area contributed by atoms with Gasteiger partial charge in [0.05, 0.1) is 17.6 Å². The van der Waals surface area contributed by atoms with Crippen molar-refractivity contribution in [2.75, 3.05) is 18.8 Å². The van der Waals surface area contributed by atoms with Crippen LogP contribution < -0.4 is 5.73 Å². The SMILES string of the molecule is C=Cn1ncc(CN2CCC[C@H](c3cc(N)n4nc(C)cc4n3)C2)c1C. The van der Waals surface area contributed by atoms with Gasteiger partial charge in [0.25, 0.3) is 0 Å². The maximum atomic E-state index is 6.20. The number of nitrogens with zero attached hydrogens (tertiary/aromatic N) is 6. The van der Waals surface area contributed by atoms with Crippen LogP contribution in [0.25, 0.3) is 11.8 Å². The van der Waals surface area contributed by atoms with Crippen LogP contribution in [0, 0.1) is 13.8 Å². The molecule has 1 aliphatic rings. The zero-order valence-electron chi connectivity index (χ0n) is 15.4. The molecule has 0 aromatic carbocycles. The molecule has 7 heteroatoms. The second kappa shape index (κ2) is 6.57. The van der Waals surface area contributed by atoms with Gasteiger partial charge in [-0.05, 0) is 33.2 Å². The topological polar surface area (TPSA) is 77.3 Å². The average Bonchev–Trinajstić information content (AvgIpc) is 3.18. The lowest BCUT2D eigenvalue weighted by Gasteiger charge is -2.32. The summed E-state index contributed by atoms with van der Waals surface area (Å²) in [6.07, 6.45) is 5.98. The number of anilines is 1. The third-order valence-corrected chi connectivity index (χ3v) is 5.23. The maximum Gasteiger partial charge on any atom is 0.157 e.